The van der Waals surface area contributed by atoms with E-state index in [2.05, 4.69) is 11.9 Å². The van der Waals surface area contributed by atoms with Crippen LogP contribution in [-0.2, 0) is 13.7 Å². The lowest BCUT2D eigenvalue weighted by molar-refractivity contribution is 0.0921. The van der Waals surface area contributed by atoms with E-state index < -0.39 is 0 Å². The predicted molar refractivity (Wildman–Crippen MR) is 168 cm³/mol. The molecule has 2 heterocycles. The van der Waals surface area contributed by atoms with E-state index in [1.165, 1.54) is 6.08 Å². The van der Waals surface area contributed by atoms with Crippen LogP contribution in [-0.4, -0.2) is 87.6 Å². The first-order chi connectivity index (χ1) is 21.2. The van der Waals surface area contributed by atoms with Crippen molar-refractivity contribution in [3.8, 4) is 28.7 Å². The van der Waals surface area contributed by atoms with Gasteiger partial charge in [0.25, 0.3) is 0 Å². The van der Waals surface area contributed by atoms with Crippen molar-refractivity contribution in [1.29, 1.82) is 0 Å². The fraction of sp³-hybridized carbons (Fsp3) is 0.353. The van der Waals surface area contributed by atoms with Crippen LogP contribution in [0.25, 0.3) is 12.2 Å². The summed E-state index contributed by atoms with van der Waals surface area (Å²) in [5, 5.41) is 0. The predicted octanol–water partition coefficient (Wildman–Crippen LogP) is 4.63. The van der Waals surface area contributed by atoms with Gasteiger partial charge in [-0.05, 0) is 49.4 Å². The number of piperazine rings is 1. The summed E-state index contributed by atoms with van der Waals surface area (Å²) < 4.78 is 30.1. The van der Waals surface area contributed by atoms with Crippen molar-refractivity contribution in [2.75, 3.05) is 61.7 Å². The van der Waals surface area contributed by atoms with Crippen molar-refractivity contribution < 1.29 is 33.3 Å². The summed E-state index contributed by atoms with van der Waals surface area (Å²) in [6.45, 7) is 5.06. The van der Waals surface area contributed by atoms with E-state index in [1.54, 1.807) is 33.0 Å². The van der Waals surface area contributed by atoms with Crippen molar-refractivity contribution in [2.45, 2.75) is 13.5 Å². The van der Waals surface area contributed by atoms with E-state index in [0.717, 1.165) is 29.9 Å². The average molecular weight is 602 g/mol. The molecular formula is C34H39N3O7. The molecule has 44 heavy (non-hydrogen) atoms. The van der Waals surface area contributed by atoms with Crippen molar-refractivity contribution in [3.05, 3.63) is 75.7 Å². The highest BCUT2D eigenvalue weighted by molar-refractivity contribution is 6.24. The third kappa shape index (κ3) is 5.77. The Balaban J connectivity index is 1.41. The maximum absolute atomic E-state index is 13.9. The normalized spacial score (nSPS) is 15.3. The zero-order chi connectivity index (χ0) is 31.5. The van der Waals surface area contributed by atoms with Gasteiger partial charge >= 0.3 is 0 Å². The van der Waals surface area contributed by atoms with Gasteiger partial charge in [0.2, 0.25) is 17.3 Å². The SMILES string of the molecule is COc1ccc(C=Cc2cc(OC)c(OC)c(OC)c2)cc1OCc1c2c(n(C)c1C)C(=O)C=C(N1CCN(C)CC1)C2=O. The molecule has 3 aromatic rings. The molecule has 1 aromatic heterocycles. The molecule has 0 saturated carbocycles. The highest BCUT2D eigenvalue weighted by atomic mass is 16.5. The van der Waals surface area contributed by atoms with Crippen LogP contribution in [0.5, 0.6) is 28.7 Å². The topological polar surface area (TPSA) is 91.7 Å². The van der Waals surface area contributed by atoms with Gasteiger partial charge in [-0.25, -0.2) is 0 Å². The number of carbonyl (C=O) groups is 2. The van der Waals surface area contributed by atoms with Gasteiger partial charge in [-0.3, -0.25) is 9.59 Å². The Labute approximate surface area is 258 Å². The smallest absolute Gasteiger partial charge is 0.211 e. The molecule has 0 unspecified atom stereocenters. The van der Waals surface area contributed by atoms with E-state index in [-0.39, 0.29) is 18.2 Å². The number of likely N-dealkylation sites (N-methyl/N-ethyl adjacent to an activating group) is 1. The standard InChI is InChI=1S/C34H39N3O7/c1-21-24(31-32(36(21)3)26(38)19-25(33(31)39)37-14-12-35(2)13-15-37)20-44-28-16-22(10-11-27(28)40-4)8-9-23-17-29(41-5)34(43-7)30(18-23)42-6/h8-11,16-19H,12-15,20H2,1-7H3. The Bertz CT molecular complexity index is 1620. The fourth-order valence-corrected chi connectivity index (χ4v) is 5.69. The number of allylic oxidation sites excluding steroid dienone is 2. The number of ether oxygens (including phenoxy) is 5. The highest BCUT2D eigenvalue weighted by Gasteiger charge is 2.36. The van der Waals surface area contributed by atoms with Gasteiger partial charge in [-0.15, -0.1) is 0 Å². The van der Waals surface area contributed by atoms with Gasteiger partial charge in [0.15, 0.2) is 23.0 Å². The Morgan fingerprint density at radius 2 is 1.39 bits per heavy atom. The molecule has 1 aliphatic carbocycles. The molecular weight excluding hydrogens is 562 g/mol. The molecule has 1 fully saturated rings. The number of hydrogen-bond acceptors (Lipinski definition) is 9. The van der Waals surface area contributed by atoms with Crippen LogP contribution >= 0.6 is 0 Å². The molecule has 0 spiro atoms. The van der Waals surface area contributed by atoms with Crippen molar-refractivity contribution in [1.82, 2.24) is 14.4 Å². The summed E-state index contributed by atoms with van der Waals surface area (Å²) in [6, 6.07) is 9.36. The summed E-state index contributed by atoms with van der Waals surface area (Å²) in [4.78, 5) is 31.4. The number of fused-ring (bicyclic) bond motifs is 1. The Hall–Kier alpha value is -4.70. The first kappa shape index (κ1) is 30.7. The Kier molecular flexibility index (Phi) is 9.01. The van der Waals surface area contributed by atoms with Crippen molar-refractivity contribution in [3.63, 3.8) is 0 Å². The molecule has 10 heteroatoms. The minimum atomic E-state index is -0.165. The van der Waals surface area contributed by atoms with Crippen LogP contribution < -0.4 is 23.7 Å². The van der Waals surface area contributed by atoms with E-state index in [4.69, 9.17) is 23.7 Å². The lowest BCUT2D eigenvalue weighted by atomic mass is 9.94. The minimum Gasteiger partial charge on any atom is -0.493 e. The Morgan fingerprint density at radius 1 is 0.773 bits per heavy atom. The van der Waals surface area contributed by atoms with Crippen LogP contribution in [0.15, 0.2) is 42.1 Å². The number of methoxy groups -OCH3 is 4. The largest absolute Gasteiger partial charge is 0.493 e. The molecule has 0 bridgehead atoms. The van der Waals surface area contributed by atoms with Crippen LogP contribution in [0.3, 0.4) is 0 Å². The lowest BCUT2D eigenvalue weighted by Crippen LogP contribution is -2.46. The molecule has 0 N–H and O–H groups in total. The summed E-state index contributed by atoms with van der Waals surface area (Å²) in [7, 11) is 10.2. The summed E-state index contributed by atoms with van der Waals surface area (Å²) in [5.41, 5.74) is 4.51. The quantitative estimate of drug-likeness (QED) is 0.309. The molecule has 2 aromatic carbocycles. The first-order valence-corrected chi connectivity index (χ1v) is 14.4. The molecule has 2 aliphatic rings. The molecule has 0 radical (unpaired) electrons. The van der Waals surface area contributed by atoms with E-state index in [0.29, 0.717) is 64.4 Å². The van der Waals surface area contributed by atoms with Crippen LogP contribution in [0, 0.1) is 6.92 Å². The number of aromatic nitrogens is 1. The number of ketones is 2. The molecule has 10 nitrogen and oxygen atoms in total. The highest BCUT2D eigenvalue weighted by Crippen LogP contribution is 2.39. The van der Waals surface area contributed by atoms with Gasteiger partial charge < -0.3 is 38.1 Å². The third-order valence-corrected chi connectivity index (χ3v) is 8.33. The van der Waals surface area contributed by atoms with Gasteiger partial charge in [0.05, 0.1) is 39.7 Å². The van der Waals surface area contributed by atoms with Gasteiger partial charge in [0.1, 0.15) is 12.3 Å². The average Bonchev–Trinajstić information content (AvgIpc) is 3.30. The van der Waals surface area contributed by atoms with Crippen molar-refractivity contribution in [2.24, 2.45) is 7.05 Å². The number of rotatable bonds is 10. The minimum absolute atomic E-state index is 0.0977. The van der Waals surface area contributed by atoms with Crippen molar-refractivity contribution >= 4 is 23.7 Å². The first-order valence-electron chi connectivity index (χ1n) is 14.4. The Morgan fingerprint density at radius 3 is 2.00 bits per heavy atom. The third-order valence-electron chi connectivity index (χ3n) is 8.33. The number of nitrogens with zero attached hydrogens (tertiary/aromatic N) is 3. The van der Waals surface area contributed by atoms with Crippen LogP contribution in [0.2, 0.25) is 0 Å². The second kappa shape index (κ2) is 12.9. The second-order valence-corrected chi connectivity index (χ2v) is 10.9. The summed E-state index contributed by atoms with van der Waals surface area (Å²) in [6.07, 6.45) is 5.37. The number of hydrogen-bond donors (Lipinski definition) is 0. The van der Waals surface area contributed by atoms with Crippen LogP contribution in [0.4, 0.5) is 0 Å². The second-order valence-electron chi connectivity index (χ2n) is 10.9. The summed E-state index contributed by atoms with van der Waals surface area (Å²) >= 11 is 0. The molecule has 0 atom stereocenters. The maximum atomic E-state index is 13.9. The zero-order valence-electron chi connectivity index (χ0n) is 26.4. The molecule has 1 saturated heterocycles. The number of carbonyl (C=O) groups excluding carboxylic acids is 2. The van der Waals surface area contributed by atoms with Gasteiger partial charge in [-0.2, -0.15) is 0 Å². The summed E-state index contributed by atoms with van der Waals surface area (Å²) in [5.74, 6) is 2.41. The van der Waals surface area contributed by atoms with Gasteiger partial charge in [-0.1, -0.05) is 18.2 Å². The monoisotopic (exact) mass is 601 g/mol. The van der Waals surface area contributed by atoms with E-state index in [1.807, 2.05) is 61.4 Å². The number of Topliss-reactive ketones (excluding diaryl/α,β-unsaturated/α-hetero) is 1. The molecule has 232 valence electrons. The molecule has 5 rings (SSSR count). The van der Waals surface area contributed by atoms with E-state index >= 15 is 0 Å². The van der Waals surface area contributed by atoms with E-state index in [9.17, 15) is 9.59 Å². The number of benzene rings is 2. The van der Waals surface area contributed by atoms with Crippen LogP contribution in [0.1, 0.15) is 43.2 Å². The molecule has 1 aliphatic heterocycles. The fourth-order valence-electron chi connectivity index (χ4n) is 5.69. The zero-order valence-corrected chi connectivity index (χ0v) is 26.4. The molecule has 0 amide bonds. The lowest BCUT2D eigenvalue weighted by Gasteiger charge is -2.35. The maximum Gasteiger partial charge on any atom is 0.211 e. The van der Waals surface area contributed by atoms with Gasteiger partial charge in [0, 0.05) is 50.6 Å².